The molecule has 0 aliphatic heterocycles. The molecule has 0 aromatic carbocycles. The van der Waals surface area contributed by atoms with Crippen molar-refractivity contribution in [2.45, 2.75) is 33.6 Å². The summed E-state index contributed by atoms with van der Waals surface area (Å²) in [5.74, 6) is 0.180. The molecule has 0 N–H and O–H groups in total. The van der Waals surface area contributed by atoms with Gasteiger partial charge >= 0.3 is 0 Å². The van der Waals surface area contributed by atoms with Crippen molar-refractivity contribution in [1.29, 1.82) is 0 Å². The zero-order chi connectivity index (χ0) is 10.8. The number of ketones is 1. The number of hydrogen-bond donors (Lipinski definition) is 0. The van der Waals surface area contributed by atoms with Gasteiger partial charge in [-0.25, -0.2) is 0 Å². The molecule has 3 nitrogen and oxygen atoms in total. The van der Waals surface area contributed by atoms with E-state index in [1.165, 1.54) is 0 Å². The molecular formula is C11H18N2O. The highest BCUT2D eigenvalue weighted by Crippen LogP contribution is 2.21. The molecule has 0 radical (unpaired) electrons. The van der Waals surface area contributed by atoms with E-state index in [0.717, 1.165) is 6.42 Å². The fourth-order valence-corrected chi connectivity index (χ4v) is 1.26. The molecule has 14 heavy (non-hydrogen) atoms. The van der Waals surface area contributed by atoms with E-state index in [0.29, 0.717) is 12.1 Å². The third kappa shape index (κ3) is 2.98. The van der Waals surface area contributed by atoms with Gasteiger partial charge in [0, 0.05) is 19.7 Å². The fraction of sp³-hybridized carbons (Fsp3) is 0.636. The van der Waals surface area contributed by atoms with Gasteiger partial charge in [-0.1, -0.05) is 20.8 Å². The first kappa shape index (κ1) is 11.0. The van der Waals surface area contributed by atoms with E-state index in [2.05, 4.69) is 25.9 Å². The van der Waals surface area contributed by atoms with E-state index in [-0.39, 0.29) is 11.2 Å². The normalized spacial score (nSPS) is 11.7. The molecule has 0 amide bonds. The lowest BCUT2D eigenvalue weighted by Gasteiger charge is -2.16. The second kappa shape index (κ2) is 3.95. The highest BCUT2D eigenvalue weighted by Gasteiger charge is 2.15. The Bertz CT molecular complexity index is 320. The Morgan fingerprint density at radius 1 is 1.50 bits per heavy atom. The number of carbonyl (C=O) groups is 1. The molecule has 1 aromatic rings. The molecule has 78 valence electrons. The predicted octanol–water partition coefficient (Wildman–Crippen LogP) is 2.43. The van der Waals surface area contributed by atoms with Gasteiger partial charge in [0.25, 0.3) is 0 Å². The van der Waals surface area contributed by atoms with Crippen molar-refractivity contribution in [2.24, 2.45) is 12.5 Å². The number of aryl methyl sites for hydroxylation is 1. The van der Waals surface area contributed by atoms with Gasteiger partial charge in [-0.15, -0.1) is 0 Å². The average Bonchev–Trinajstić information content (AvgIpc) is 2.46. The lowest BCUT2D eigenvalue weighted by molar-refractivity contribution is 0.0957. The lowest BCUT2D eigenvalue weighted by atomic mass is 9.89. The summed E-state index contributed by atoms with van der Waals surface area (Å²) < 4.78 is 1.63. The molecule has 3 heteroatoms. The van der Waals surface area contributed by atoms with Crippen LogP contribution in [0.25, 0.3) is 0 Å². The van der Waals surface area contributed by atoms with Crippen LogP contribution in [-0.2, 0) is 7.05 Å². The number of rotatable bonds is 3. The summed E-state index contributed by atoms with van der Waals surface area (Å²) in [7, 11) is 1.80. The maximum absolute atomic E-state index is 11.7. The van der Waals surface area contributed by atoms with E-state index < -0.39 is 0 Å². The number of aromatic nitrogens is 2. The maximum Gasteiger partial charge on any atom is 0.180 e. The molecule has 0 atom stereocenters. The molecule has 0 spiro atoms. The van der Waals surface area contributed by atoms with Gasteiger partial charge in [-0.3, -0.25) is 9.48 Å². The van der Waals surface area contributed by atoms with Crippen LogP contribution in [0.2, 0.25) is 0 Å². The highest BCUT2D eigenvalue weighted by molar-refractivity contribution is 5.94. The zero-order valence-electron chi connectivity index (χ0n) is 9.37. The van der Waals surface area contributed by atoms with Gasteiger partial charge < -0.3 is 0 Å². The molecular weight excluding hydrogens is 176 g/mol. The van der Waals surface area contributed by atoms with Crippen molar-refractivity contribution in [3.05, 3.63) is 18.0 Å². The molecule has 0 saturated heterocycles. The van der Waals surface area contributed by atoms with Crippen LogP contribution in [0.5, 0.6) is 0 Å². The van der Waals surface area contributed by atoms with Crippen molar-refractivity contribution >= 4 is 5.78 Å². The molecule has 0 bridgehead atoms. The van der Waals surface area contributed by atoms with Crippen molar-refractivity contribution in [1.82, 2.24) is 9.78 Å². The Morgan fingerprint density at radius 2 is 2.14 bits per heavy atom. The molecule has 1 rings (SSSR count). The Hall–Kier alpha value is -1.12. The average molecular weight is 194 g/mol. The Morgan fingerprint density at radius 3 is 2.57 bits per heavy atom. The third-order valence-corrected chi connectivity index (χ3v) is 2.21. The van der Waals surface area contributed by atoms with E-state index in [9.17, 15) is 4.79 Å². The van der Waals surface area contributed by atoms with Crippen LogP contribution >= 0.6 is 0 Å². The SMILES string of the molecule is Cn1nccc1C(=O)CCC(C)(C)C. The first-order chi connectivity index (χ1) is 6.40. The van der Waals surface area contributed by atoms with Gasteiger partial charge in [0.2, 0.25) is 0 Å². The molecule has 0 unspecified atom stereocenters. The van der Waals surface area contributed by atoms with Crippen LogP contribution in [0.3, 0.4) is 0 Å². The van der Waals surface area contributed by atoms with Crippen LogP contribution < -0.4 is 0 Å². The zero-order valence-corrected chi connectivity index (χ0v) is 9.37. The largest absolute Gasteiger partial charge is 0.292 e. The van der Waals surface area contributed by atoms with Crippen molar-refractivity contribution in [3.8, 4) is 0 Å². The molecule has 1 aromatic heterocycles. The van der Waals surface area contributed by atoms with Gasteiger partial charge in [0.05, 0.1) is 0 Å². The van der Waals surface area contributed by atoms with Crippen molar-refractivity contribution in [2.75, 3.05) is 0 Å². The van der Waals surface area contributed by atoms with E-state index in [1.807, 2.05) is 0 Å². The van der Waals surface area contributed by atoms with E-state index in [1.54, 1.807) is 24.0 Å². The van der Waals surface area contributed by atoms with Crippen LogP contribution in [0, 0.1) is 5.41 Å². The second-order valence-corrected chi connectivity index (χ2v) is 4.82. The summed E-state index contributed by atoms with van der Waals surface area (Å²) in [5, 5.41) is 3.98. The van der Waals surface area contributed by atoms with Gasteiger partial charge in [0.15, 0.2) is 5.78 Å². The maximum atomic E-state index is 11.7. The molecule has 0 saturated carbocycles. The monoisotopic (exact) mass is 194 g/mol. The second-order valence-electron chi connectivity index (χ2n) is 4.82. The van der Waals surface area contributed by atoms with Crippen molar-refractivity contribution < 1.29 is 4.79 Å². The third-order valence-electron chi connectivity index (χ3n) is 2.21. The first-order valence-electron chi connectivity index (χ1n) is 4.91. The Balaban J connectivity index is 2.56. The first-order valence-corrected chi connectivity index (χ1v) is 4.91. The van der Waals surface area contributed by atoms with Crippen LogP contribution in [-0.4, -0.2) is 15.6 Å². The summed E-state index contributed by atoms with van der Waals surface area (Å²) in [6, 6.07) is 1.77. The predicted molar refractivity (Wildman–Crippen MR) is 56.2 cm³/mol. The summed E-state index contributed by atoms with van der Waals surface area (Å²) in [6.45, 7) is 6.43. The summed E-state index contributed by atoms with van der Waals surface area (Å²) in [4.78, 5) is 11.7. The summed E-state index contributed by atoms with van der Waals surface area (Å²) in [6.07, 6.45) is 3.17. The minimum Gasteiger partial charge on any atom is -0.292 e. The van der Waals surface area contributed by atoms with Crippen molar-refractivity contribution in [3.63, 3.8) is 0 Å². The minimum absolute atomic E-state index is 0.180. The Kier molecular flexibility index (Phi) is 3.09. The molecule has 0 aliphatic rings. The number of hydrogen-bond acceptors (Lipinski definition) is 2. The molecule has 1 heterocycles. The molecule has 0 fully saturated rings. The summed E-state index contributed by atoms with van der Waals surface area (Å²) >= 11 is 0. The van der Waals surface area contributed by atoms with Gasteiger partial charge in [0.1, 0.15) is 5.69 Å². The van der Waals surface area contributed by atoms with E-state index >= 15 is 0 Å². The smallest absolute Gasteiger partial charge is 0.180 e. The fourth-order valence-electron chi connectivity index (χ4n) is 1.26. The van der Waals surface area contributed by atoms with Crippen LogP contribution in [0.1, 0.15) is 44.1 Å². The van der Waals surface area contributed by atoms with Crippen LogP contribution in [0.15, 0.2) is 12.3 Å². The number of carbonyl (C=O) groups excluding carboxylic acids is 1. The van der Waals surface area contributed by atoms with Gasteiger partial charge in [-0.2, -0.15) is 5.10 Å². The van der Waals surface area contributed by atoms with Gasteiger partial charge in [-0.05, 0) is 17.9 Å². The minimum atomic E-state index is 0.180. The number of nitrogens with zero attached hydrogens (tertiary/aromatic N) is 2. The highest BCUT2D eigenvalue weighted by atomic mass is 16.1. The quantitative estimate of drug-likeness (QED) is 0.693. The lowest BCUT2D eigenvalue weighted by Crippen LogP contribution is -2.11. The topological polar surface area (TPSA) is 34.9 Å². The van der Waals surface area contributed by atoms with Crippen LogP contribution in [0.4, 0.5) is 0 Å². The summed E-state index contributed by atoms with van der Waals surface area (Å²) in [5.41, 5.74) is 0.920. The molecule has 0 aliphatic carbocycles. The van der Waals surface area contributed by atoms with E-state index in [4.69, 9.17) is 0 Å². The Labute approximate surface area is 85.1 Å². The standard InChI is InChI=1S/C11H18N2O/c1-11(2,3)7-5-10(14)9-6-8-12-13(9)4/h6,8H,5,7H2,1-4H3. The number of Topliss-reactive ketones (excluding diaryl/α,β-unsaturated/α-hetero) is 1.